The molecule has 0 aliphatic rings. The molecule has 2 aromatic heterocycles. The molecular weight excluding hydrogens is 368 g/mol. The Bertz CT molecular complexity index is 1100. The van der Waals surface area contributed by atoms with Crippen molar-refractivity contribution in [3.8, 4) is 11.5 Å². The Morgan fingerprint density at radius 2 is 2.15 bits per heavy atom. The van der Waals surface area contributed by atoms with Crippen LogP contribution in [0.5, 0.6) is 11.5 Å². The number of carboxylic acids is 1. The summed E-state index contributed by atoms with van der Waals surface area (Å²) in [5.41, 5.74) is 0.827. The Labute approximate surface area is 158 Å². The lowest BCUT2D eigenvalue weighted by Crippen LogP contribution is -2.09. The predicted molar refractivity (Wildman–Crippen MR) is 105 cm³/mol. The van der Waals surface area contributed by atoms with E-state index in [1.807, 2.05) is 25.1 Å². The van der Waals surface area contributed by atoms with Gasteiger partial charge in [0.25, 0.3) is 5.56 Å². The smallest absolute Gasteiger partial charge is 0.346 e. The van der Waals surface area contributed by atoms with Crippen molar-refractivity contribution in [1.29, 1.82) is 0 Å². The SMILES string of the molecule is CCOc1cccc(/C=C/c2nc3sc(C(=O)O)c(C)c3c(=O)[nH]2)c1OC. The van der Waals surface area contributed by atoms with Crippen LogP contribution in [0.25, 0.3) is 22.4 Å². The van der Waals surface area contributed by atoms with E-state index in [1.54, 1.807) is 26.2 Å². The number of H-pyrrole nitrogens is 1. The molecule has 0 bridgehead atoms. The van der Waals surface area contributed by atoms with Crippen LogP contribution in [0.15, 0.2) is 23.0 Å². The van der Waals surface area contributed by atoms with E-state index in [9.17, 15) is 14.7 Å². The summed E-state index contributed by atoms with van der Waals surface area (Å²) in [6.07, 6.45) is 3.40. The molecule has 3 aromatic rings. The van der Waals surface area contributed by atoms with Crippen LogP contribution in [0.3, 0.4) is 0 Å². The second-order valence-electron chi connectivity index (χ2n) is 5.64. The molecule has 0 atom stereocenters. The van der Waals surface area contributed by atoms with Gasteiger partial charge in [-0.2, -0.15) is 0 Å². The van der Waals surface area contributed by atoms with E-state index in [0.29, 0.717) is 39.7 Å². The number of aryl methyl sites for hydroxylation is 1. The highest BCUT2D eigenvalue weighted by Crippen LogP contribution is 2.32. The van der Waals surface area contributed by atoms with Crippen molar-refractivity contribution in [3.05, 3.63) is 50.4 Å². The Balaban J connectivity index is 2.04. The number of carbonyl (C=O) groups is 1. The lowest BCUT2D eigenvalue weighted by molar-refractivity contribution is 0.0701. The zero-order valence-corrected chi connectivity index (χ0v) is 15.8. The molecule has 2 heterocycles. The molecule has 27 heavy (non-hydrogen) atoms. The van der Waals surface area contributed by atoms with Gasteiger partial charge in [0.2, 0.25) is 0 Å². The van der Waals surface area contributed by atoms with E-state index >= 15 is 0 Å². The topological polar surface area (TPSA) is 102 Å². The molecule has 0 spiro atoms. The number of aromatic nitrogens is 2. The van der Waals surface area contributed by atoms with E-state index in [1.165, 1.54) is 0 Å². The number of aromatic carboxylic acids is 1. The maximum atomic E-state index is 12.4. The molecule has 140 valence electrons. The molecule has 8 heteroatoms. The van der Waals surface area contributed by atoms with E-state index in [-0.39, 0.29) is 10.4 Å². The van der Waals surface area contributed by atoms with Crippen LogP contribution in [0, 0.1) is 6.92 Å². The van der Waals surface area contributed by atoms with Crippen molar-refractivity contribution in [2.75, 3.05) is 13.7 Å². The quantitative estimate of drug-likeness (QED) is 0.672. The van der Waals surface area contributed by atoms with Crippen molar-refractivity contribution in [1.82, 2.24) is 9.97 Å². The van der Waals surface area contributed by atoms with Gasteiger partial charge >= 0.3 is 5.97 Å². The Kier molecular flexibility index (Phi) is 5.27. The third-order valence-electron chi connectivity index (χ3n) is 3.95. The minimum Gasteiger partial charge on any atom is -0.492 e. The van der Waals surface area contributed by atoms with E-state index in [4.69, 9.17) is 9.47 Å². The van der Waals surface area contributed by atoms with Crippen molar-refractivity contribution in [2.24, 2.45) is 0 Å². The highest BCUT2D eigenvalue weighted by molar-refractivity contribution is 7.20. The Morgan fingerprint density at radius 3 is 2.81 bits per heavy atom. The number of para-hydroxylation sites is 1. The van der Waals surface area contributed by atoms with Crippen LogP contribution in [0.1, 0.15) is 33.5 Å². The molecule has 0 amide bonds. The highest BCUT2D eigenvalue weighted by Gasteiger charge is 2.18. The van der Waals surface area contributed by atoms with Crippen LogP contribution >= 0.6 is 11.3 Å². The molecule has 0 aliphatic carbocycles. The van der Waals surface area contributed by atoms with Crippen LogP contribution in [0.2, 0.25) is 0 Å². The first-order chi connectivity index (χ1) is 13.0. The number of methoxy groups -OCH3 is 1. The Hall–Kier alpha value is -3.13. The minimum absolute atomic E-state index is 0.121. The number of nitrogens with one attached hydrogen (secondary N) is 1. The molecular formula is C19H18N2O5S. The molecule has 1 aromatic carbocycles. The minimum atomic E-state index is -1.07. The van der Waals surface area contributed by atoms with Gasteiger partial charge < -0.3 is 19.6 Å². The van der Waals surface area contributed by atoms with E-state index < -0.39 is 5.97 Å². The number of rotatable bonds is 6. The average Bonchev–Trinajstić information content (AvgIpc) is 2.97. The maximum absolute atomic E-state index is 12.4. The summed E-state index contributed by atoms with van der Waals surface area (Å²) < 4.78 is 11.0. The zero-order valence-electron chi connectivity index (χ0n) is 15.0. The molecule has 0 unspecified atom stereocenters. The summed E-state index contributed by atoms with van der Waals surface area (Å²) in [6.45, 7) is 4.01. The molecule has 7 nitrogen and oxygen atoms in total. The first kappa shape index (κ1) is 18.7. The van der Waals surface area contributed by atoms with Gasteiger partial charge in [0, 0.05) is 5.56 Å². The van der Waals surface area contributed by atoms with Crippen molar-refractivity contribution in [3.63, 3.8) is 0 Å². The first-order valence-electron chi connectivity index (χ1n) is 8.20. The monoisotopic (exact) mass is 386 g/mol. The van der Waals surface area contributed by atoms with Crippen molar-refractivity contribution < 1.29 is 19.4 Å². The molecule has 0 fully saturated rings. The average molecular weight is 386 g/mol. The number of hydrogen-bond acceptors (Lipinski definition) is 6. The molecule has 0 saturated carbocycles. The largest absolute Gasteiger partial charge is 0.492 e. The van der Waals surface area contributed by atoms with Gasteiger partial charge in [0.1, 0.15) is 15.5 Å². The van der Waals surface area contributed by atoms with Gasteiger partial charge in [-0.1, -0.05) is 12.1 Å². The van der Waals surface area contributed by atoms with Crippen LogP contribution in [-0.2, 0) is 0 Å². The summed E-state index contributed by atoms with van der Waals surface area (Å²) in [6, 6.07) is 5.51. The fourth-order valence-corrected chi connectivity index (χ4v) is 3.79. The fraction of sp³-hybridized carbons (Fsp3) is 0.211. The lowest BCUT2D eigenvalue weighted by atomic mass is 10.1. The number of aromatic amines is 1. The van der Waals surface area contributed by atoms with E-state index in [2.05, 4.69) is 9.97 Å². The second-order valence-corrected chi connectivity index (χ2v) is 6.64. The predicted octanol–water partition coefficient (Wildman–Crippen LogP) is 3.57. The standard InChI is InChI=1S/C19H18N2O5S/c1-4-26-12-7-5-6-11(15(12)25-3)8-9-13-20-17(22)14-10(2)16(19(23)24)27-18(14)21-13/h5-9H,4H2,1-3H3,(H,23,24)(H,20,21,22)/b9-8+. The highest BCUT2D eigenvalue weighted by atomic mass is 32.1. The third-order valence-corrected chi connectivity index (χ3v) is 5.12. The summed E-state index contributed by atoms with van der Waals surface area (Å²) >= 11 is 0.989. The number of hydrogen-bond donors (Lipinski definition) is 2. The van der Waals surface area contributed by atoms with Crippen molar-refractivity contribution in [2.45, 2.75) is 13.8 Å². The number of fused-ring (bicyclic) bond motifs is 1. The number of ether oxygens (including phenoxy) is 2. The summed E-state index contributed by atoms with van der Waals surface area (Å²) in [5, 5.41) is 9.55. The molecule has 3 rings (SSSR count). The van der Waals surface area contributed by atoms with Gasteiger partial charge in [0.15, 0.2) is 11.5 Å². The number of nitrogens with zero attached hydrogens (tertiary/aromatic N) is 1. The number of benzene rings is 1. The Morgan fingerprint density at radius 1 is 1.37 bits per heavy atom. The summed E-state index contributed by atoms with van der Waals surface area (Å²) in [4.78, 5) is 31.2. The van der Waals surface area contributed by atoms with E-state index in [0.717, 1.165) is 16.9 Å². The maximum Gasteiger partial charge on any atom is 0.346 e. The van der Waals surface area contributed by atoms with Gasteiger partial charge in [-0.3, -0.25) is 4.79 Å². The third kappa shape index (κ3) is 3.56. The molecule has 0 radical (unpaired) electrons. The fourth-order valence-electron chi connectivity index (χ4n) is 2.76. The van der Waals surface area contributed by atoms with Gasteiger partial charge in [0.05, 0.1) is 19.1 Å². The normalized spacial score (nSPS) is 11.2. The molecule has 0 saturated heterocycles. The van der Waals surface area contributed by atoms with Gasteiger partial charge in [-0.15, -0.1) is 11.3 Å². The van der Waals surface area contributed by atoms with Crippen molar-refractivity contribution >= 4 is 39.7 Å². The zero-order chi connectivity index (χ0) is 19.6. The first-order valence-corrected chi connectivity index (χ1v) is 9.02. The van der Waals surface area contributed by atoms with Gasteiger partial charge in [-0.25, -0.2) is 9.78 Å². The second kappa shape index (κ2) is 7.63. The summed E-state index contributed by atoms with van der Waals surface area (Å²) in [7, 11) is 1.56. The van der Waals surface area contributed by atoms with Gasteiger partial charge in [-0.05, 0) is 37.6 Å². The lowest BCUT2D eigenvalue weighted by Gasteiger charge is -2.11. The van der Waals surface area contributed by atoms with Crippen LogP contribution < -0.4 is 15.0 Å². The summed E-state index contributed by atoms with van der Waals surface area (Å²) in [5.74, 6) is 0.470. The number of carboxylic acid groups (broad SMARTS) is 1. The van der Waals surface area contributed by atoms with Crippen LogP contribution in [0.4, 0.5) is 0 Å². The molecule has 0 aliphatic heterocycles. The molecule has 2 N–H and O–H groups in total. The van der Waals surface area contributed by atoms with Crippen LogP contribution in [-0.4, -0.2) is 34.8 Å². The number of thiophene rings is 1.